The van der Waals surface area contributed by atoms with Crippen molar-refractivity contribution in [3.05, 3.63) is 151 Å². The Labute approximate surface area is 251 Å². The first kappa shape index (κ1) is 29.8. The first-order valence-electron chi connectivity index (χ1n) is 13.8. The van der Waals surface area contributed by atoms with E-state index in [-0.39, 0.29) is 12.1 Å². The molecule has 0 aliphatic carbocycles. The van der Waals surface area contributed by atoms with Gasteiger partial charge in [-0.05, 0) is 61.2 Å². The number of hydrogen-bond acceptors (Lipinski definition) is 5. The summed E-state index contributed by atoms with van der Waals surface area (Å²) in [6.07, 6.45) is -0.363. The van der Waals surface area contributed by atoms with Gasteiger partial charge in [0.1, 0.15) is 23.4 Å². The maximum atomic E-state index is 6.86. The van der Waals surface area contributed by atoms with Crippen molar-refractivity contribution in [1.82, 2.24) is 4.67 Å². The molecule has 0 saturated heterocycles. The van der Waals surface area contributed by atoms with Crippen LogP contribution in [-0.4, -0.2) is 24.9 Å². The molecule has 5 rings (SSSR count). The molecular formula is C35H35NO4P2. The molecule has 0 bridgehead atoms. The summed E-state index contributed by atoms with van der Waals surface area (Å²) in [6, 6.07) is 48.4. The lowest BCUT2D eigenvalue weighted by Gasteiger charge is -2.38. The maximum Gasteiger partial charge on any atom is 0.463 e. The second-order valence-corrected chi connectivity index (χ2v) is 12.9. The van der Waals surface area contributed by atoms with E-state index in [1.54, 1.807) is 7.11 Å². The van der Waals surface area contributed by atoms with Crippen molar-refractivity contribution in [2.75, 3.05) is 14.2 Å². The molecule has 0 heterocycles. The highest BCUT2D eigenvalue weighted by Gasteiger charge is 2.35. The van der Waals surface area contributed by atoms with Crippen LogP contribution in [0.25, 0.3) is 0 Å². The Morgan fingerprint density at radius 1 is 0.595 bits per heavy atom. The van der Waals surface area contributed by atoms with Crippen molar-refractivity contribution in [3.8, 4) is 17.2 Å². The van der Waals surface area contributed by atoms with Crippen molar-refractivity contribution < 1.29 is 18.3 Å². The zero-order valence-electron chi connectivity index (χ0n) is 24.0. The van der Waals surface area contributed by atoms with E-state index in [9.17, 15) is 0 Å². The number of hydrogen-bond donors (Lipinski definition) is 0. The fourth-order valence-corrected chi connectivity index (χ4v) is 8.32. The number of nitrogens with zero attached hydrogens (tertiary/aromatic N) is 1. The third-order valence-corrected chi connectivity index (χ3v) is 10.6. The van der Waals surface area contributed by atoms with Gasteiger partial charge in [0.2, 0.25) is 0 Å². The van der Waals surface area contributed by atoms with Crippen LogP contribution in [0.2, 0.25) is 0 Å². The molecule has 0 N–H and O–H groups in total. The van der Waals surface area contributed by atoms with Gasteiger partial charge < -0.3 is 13.8 Å². The Bertz CT molecular complexity index is 1450. The molecule has 0 aliphatic heterocycles. The van der Waals surface area contributed by atoms with Crippen LogP contribution in [0.4, 0.5) is 0 Å². The normalized spacial score (nSPS) is 13.4. The van der Waals surface area contributed by atoms with Gasteiger partial charge in [-0.25, -0.2) is 0 Å². The zero-order chi connectivity index (χ0) is 29.1. The standard InChI is InChI=1S/C35H35NO4P2/c1-28(36(2)41(32-24-14-7-15-25-32)34-27-17-16-26-33(34)37-3)35(29-18-8-4-9-19-29)40-42(38-30-20-10-5-11-21-30)39-31-22-12-6-13-23-31/h4-28,35H,1-3H3/t28-,35+,41-/m0/s1. The predicted octanol–water partition coefficient (Wildman–Crippen LogP) is 8.51. The fraction of sp³-hybridized carbons (Fsp3) is 0.143. The monoisotopic (exact) mass is 595 g/mol. The van der Waals surface area contributed by atoms with Crippen molar-refractivity contribution in [3.63, 3.8) is 0 Å². The van der Waals surface area contributed by atoms with E-state index in [4.69, 9.17) is 18.3 Å². The molecule has 42 heavy (non-hydrogen) atoms. The number of likely N-dealkylation sites (N-methyl/N-ethyl adjacent to an activating group) is 1. The second kappa shape index (κ2) is 15.0. The molecule has 0 fully saturated rings. The van der Waals surface area contributed by atoms with Crippen molar-refractivity contribution >= 4 is 27.3 Å². The van der Waals surface area contributed by atoms with Crippen molar-refractivity contribution in [2.24, 2.45) is 0 Å². The molecule has 7 heteroatoms. The van der Waals surface area contributed by atoms with Gasteiger partial charge in [-0.2, -0.15) is 0 Å². The van der Waals surface area contributed by atoms with Gasteiger partial charge in [-0.15, -0.1) is 0 Å². The van der Waals surface area contributed by atoms with Gasteiger partial charge in [0, 0.05) is 19.4 Å². The topological polar surface area (TPSA) is 40.2 Å². The Hall–Kier alpha value is -3.72. The molecule has 0 aromatic heterocycles. The molecule has 214 valence electrons. The van der Waals surface area contributed by atoms with E-state index >= 15 is 0 Å². The molecular weight excluding hydrogens is 560 g/mol. The number of benzene rings is 5. The number of ether oxygens (including phenoxy) is 1. The average molecular weight is 596 g/mol. The van der Waals surface area contributed by atoms with Gasteiger partial charge in [-0.1, -0.05) is 109 Å². The average Bonchev–Trinajstić information content (AvgIpc) is 3.05. The van der Waals surface area contributed by atoms with Crippen LogP contribution in [-0.2, 0) is 4.52 Å². The Morgan fingerprint density at radius 2 is 1.07 bits per heavy atom. The highest BCUT2D eigenvalue weighted by molar-refractivity contribution is 7.71. The van der Waals surface area contributed by atoms with Gasteiger partial charge in [-0.3, -0.25) is 9.19 Å². The minimum absolute atomic E-state index is 0.0765. The molecule has 5 aromatic carbocycles. The molecule has 5 nitrogen and oxygen atoms in total. The van der Waals surface area contributed by atoms with E-state index in [0.717, 1.165) is 16.6 Å². The van der Waals surface area contributed by atoms with Crippen LogP contribution >= 0.6 is 16.7 Å². The third kappa shape index (κ3) is 7.56. The van der Waals surface area contributed by atoms with E-state index in [2.05, 4.69) is 67.2 Å². The number of para-hydroxylation sites is 3. The number of rotatable bonds is 13. The minimum atomic E-state index is -1.81. The SMILES string of the molecule is COc1ccccc1[P@](c1ccccc1)N(C)[C@@H](C)[C@@H](OP(Oc1ccccc1)Oc1ccccc1)c1ccccc1. The lowest BCUT2D eigenvalue weighted by Crippen LogP contribution is -2.37. The Morgan fingerprint density at radius 3 is 1.62 bits per heavy atom. The quantitative estimate of drug-likeness (QED) is 0.128. The Balaban J connectivity index is 1.52. The minimum Gasteiger partial charge on any atom is -0.496 e. The highest BCUT2D eigenvalue weighted by atomic mass is 31.2. The zero-order valence-corrected chi connectivity index (χ0v) is 25.8. The smallest absolute Gasteiger partial charge is 0.463 e. The fourth-order valence-electron chi connectivity index (χ4n) is 4.60. The molecule has 0 spiro atoms. The first-order chi connectivity index (χ1) is 20.6. The van der Waals surface area contributed by atoms with E-state index in [1.165, 1.54) is 5.30 Å². The van der Waals surface area contributed by atoms with Crippen LogP contribution in [0.1, 0.15) is 18.6 Å². The highest BCUT2D eigenvalue weighted by Crippen LogP contribution is 2.50. The maximum absolute atomic E-state index is 6.86. The van der Waals surface area contributed by atoms with Gasteiger partial charge >= 0.3 is 8.60 Å². The van der Waals surface area contributed by atoms with Crippen molar-refractivity contribution in [2.45, 2.75) is 19.1 Å². The van der Waals surface area contributed by atoms with Crippen LogP contribution < -0.4 is 24.4 Å². The first-order valence-corrected chi connectivity index (χ1v) is 16.2. The molecule has 0 saturated carbocycles. The Kier molecular flexibility index (Phi) is 10.6. The lowest BCUT2D eigenvalue weighted by atomic mass is 10.0. The summed E-state index contributed by atoms with van der Waals surface area (Å²) in [7, 11) is 1.11. The van der Waals surface area contributed by atoms with E-state index in [1.807, 2.05) is 97.1 Å². The van der Waals surface area contributed by atoms with Crippen LogP contribution in [0, 0.1) is 0 Å². The van der Waals surface area contributed by atoms with E-state index < -0.39 is 16.7 Å². The van der Waals surface area contributed by atoms with Gasteiger partial charge in [0.15, 0.2) is 0 Å². The van der Waals surface area contributed by atoms with Gasteiger partial charge in [0.25, 0.3) is 0 Å². The molecule has 0 aliphatic rings. The summed E-state index contributed by atoms with van der Waals surface area (Å²) in [5, 5.41) is 2.37. The molecule has 0 amide bonds. The lowest BCUT2D eigenvalue weighted by molar-refractivity contribution is 0.121. The summed E-state index contributed by atoms with van der Waals surface area (Å²) in [5.74, 6) is 2.24. The molecule has 5 aromatic rings. The number of methoxy groups -OCH3 is 1. The summed E-state index contributed by atoms with van der Waals surface area (Å²) < 4.78 is 27.8. The second-order valence-electron chi connectivity index (χ2n) is 9.60. The molecule has 0 unspecified atom stereocenters. The molecule has 3 atom stereocenters. The van der Waals surface area contributed by atoms with Crippen molar-refractivity contribution in [1.29, 1.82) is 0 Å². The summed E-state index contributed by atoms with van der Waals surface area (Å²) in [6.45, 7) is 2.20. The molecule has 0 radical (unpaired) electrons. The van der Waals surface area contributed by atoms with Crippen LogP contribution in [0.3, 0.4) is 0 Å². The van der Waals surface area contributed by atoms with E-state index in [0.29, 0.717) is 11.5 Å². The largest absolute Gasteiger partial charge is 0.496 e. The summed E-state index contributed by atoms with van der Waals surface area (Å²) in [5.41, 5.74) is 1.04. The summed E-state index contributed by atoms with van der Waals surface area (Å²) in [4.78, 5) is 0. The van der Waals surface area contributed by atoms with Crippen LogP contribution in [0.5, 0.6) is 17.2 Å². The van der Waals surface area contributed by atoms with Crippen LogP contribution in [0.15, 0.2) is 146 Å². The predicted molar refractivity (Wildman–Crippen MR) is 174 cm³/mol. The third-order valence-electron chi connectivity index (χ3n) is 6.83. The van der Waals surface area contributed by atoms with Gasteiger partial charge in [0.05, 0.1) is 7.11 Å². The summed E-state index contributed by atoms with van der Waals surface area (Å²) >= 11 is 0.